The molecular formula is C14H22N2O2. The van der Waals surface area contributed by atoms with E-state index < -0.39 is 0 Å². The van der Waals surface area contributed by atoms with Crippen LogP contribution < -0.4 is 0 Å². The summed E-state index contributed by atoms with van der Waals surface area (Å²) in [5.41, 5.74) is 1.24. The molecule has 18 heavy (non-hydrogen) atoms. The minimum atomic E-state index is -0.159. The van der Waals surface area contributed by atoms with E-state index >= 15 is 0 Å². The van der Waals surface area contributed by atoms with Crippen molar-refractivity contribution in [3.63, 3.8) is 0 Å². The van der Waals surface area contributed by atoms with Crippen LogP contribution in [0.1, 0.15) is 31.4 Å². The van der Waals surface area contributed by atoms with Crippen LogP contribution in [0.4, 0.5) is 0 Å². The molecule has 100 valence electrons. The molecule has 0 amide bonds. The van der Waals surface area contributed by atoms with E-state index in [1.54, 1.807) is 0 Å². The summed E-state index contributed by atoms with van der Waals surface area (Å²) in [6.07, 6.45) is 5.53. The maximum Gasteiger partial charge on any atom is 0.0731 e. The van der Waals surface area contributed by atoms with E-state index in [9.17, 15) is 5.11 Å². The molecule has 0 aliphatic carbocycles. The van der Waals surface area contributed by atoms with Crippen LogP contribution in [0.2, 0.25) is 0 Å². The molecular weight excluding hydrogens is 228 g/mol. The van der Waals surface area contributed by atoms with Crippen molar-refractivity contribution in [1.29, 1.82) is 0 Å². The van der Waals surface area contributed by atoms with Crippen LogP contribution in [0.15, 0.2) is 18.3 Å². The van der Waals surface area contributed by atoms with Crippen LogP contribution >= 0.6 is 0 Å². The first-order valence-corrected chi connectivity index (χ1v) is 6.92. The van der Waals surface area contributed by atoms with Gasteiger partial charge in [0.1, 0.15) is 0 Å². The molecule has 3 rings (SSSR count). The van der Waals surface area contributed by atoms with E-state index in [4.69, 9.17) is 4.74 Å². The first kappa shape index (κ1) is 12.2. The molecule has 3 heterocycles. The summed E-state index contributed by atoms with van der Waals surface area (Å²) in [6.45, 7) is 3.83. The molecule has 0 aromatic carbocycles. The fraction of sp³-hybridized carbons (Fsp3) is 0.714. The van der Waals surface area contributed by atoms with Crippen molar-refractivity contribution in [3.8, 4) is 0 Å². The first-order valence-electron chi connectivity index (χ1n) is 6.92. The average molecular weight is 250 g/mol. The first-order chi connectivity index (χ1) is 8.76. The Morgan fingerprint density at radius 1 is 1.44 bits per heavy atom. The third kappa shape index (κ3) is 2.60. The number of aliphatic hydroxyl groups is 1. The Morgan fingerprint density at radius 2 is 2.28 bits per heavy atom. The van der Waals surface area contributed by atoms with Crippen molar-refractivity contribution in [2.24, 2.45) is 0 Å². The number of aliphatic hydroxyl groups excluding tert-OH is 1. The van der Waals surface area contributed by atoms with Gasteiger partial charge in [0.2, 0.25) is 0 Å². The highest BCUT2D eigenvalue weighted by molar-refractivity contribution is 5.04. The number of aromatic amines is 1. The minimum absolute atomic E-state index is 0.0378. The van der Waals surface area contributed by atoms with Crippen molar-refractivity contribution in [2.75, 3.05) is 19.7 Å². The lowest BCUT2D eigenvalue weighted by atomic mass is 9.83. The predicted molar refractivity (Wildman–Crippen MR) is 69.2 cm³/mol. The lowest BCUT2D eigenvalue weighted by Gasteiger charge is -2.45. The molecule has 2 saturated heterocycles. The molecule has 1 spiro atoms. The van der Waals surface area contributed by atoms with E-state index in [1.165, 1.54) is 5.69 Å². The summed E-state index contributed by atoms with van der Waals surface area (Å²) in [6, 6.07) is 4.17. The largest absolute Gasteiger partial charge is 0.393 e. The molecule has 0 radical (unpaired) electrons. The van der Waals surface area contributed by atoms with Gasteiger partial charge in [-0.25, -0.2) is 0 Å². The molecule has 2 aliphatic heterocycles. The number of H-pyrrole nitrogens is 1. The van der Waals surface area contributed by atoms with Gasteiger partial charge in [-0.15, -0.1) is 0 Å². The third-order valence-electron chi connectivity index (χ3n) is 4.29. The fourth-order valence-corrected chi connectivity index (χ4v) is 3.18. The summed E-state index contributed by atoms with van der Waals surface area (Å²) < 4.78 is 5.97. The van der Waals surface area contributed by atoms with Crippen LogP contribution in [0.3, 0.4) is 0 Å². The lowest BCUT2D eigenvalue weighted by molar-refractivity contribution is -0.143. The Hall–Kier alpha value is -0.840. The molecule has 4 heteroatoms. The smallest absolute Gasteiger partial charge is 0.0731 e. The summed E-state index contributed by atoms with van der Waals surface area (Å²) in [5.74, 6) is 0. The van der Waals surface area contributed by atoms with Gasteiger partial charge in [-0.3, -0.25) is 4.90 Å². The van der Waals surface area contributed by atoms with Crippen LogP contribution in [0, 0.1) is 0 Å². The topological polar surface area (TPSA) is 48.5 Å². The van der Waals surface area contributed by atoms with Crippen LogP contribution in [0.5, 0.6) is 0 Å². The van der Waals surface area contributed by atoms with Crippen LogP contribution in [0.25, 0.3) is 0 Å². The highest BCUT2D eigenvalue weighted by Gasteiger charge is 2.39. The van der Waals surface area contributed by atoms with Crippen LogP contribution in [-0.4, -0.2) is 46.4 Å². The van der Waals surface area contributed by atoms with Gasteiger partial charge in [0.05, 0.1) is 11.7 Å². The predicted octanol–water partition coefficient (Wildman–Crippen LogP) is 1.52. The zero-order valence-corrected chi connectivity index (χ0v) is 10.8. The minimum Gasteiger partial charge on any atom is -0.393 e. The standard InChI is InChI=1S/C14H22N2O2/c17-13-3-9-18-14(10-13)4-7-16(8-5-14)11-12-2-1-6-15-12/h1-2,6,13,15,17H,3-5,7-11H2. The van der Waals surface area contributed by atoms with Crippen molar-refractivity contribution < 1.29 is 9.84 Å². The van der Waals surface area contributed by atoms with Gasteiger partial charge in [-0.1, -0.05) is 0 Å². The van der Waals surface area contributed by atoms with E-state index in [2.05, 4.69) is 16.0 Å². The molecule has 2 aliphatic rings. The Morgan fingerprint density at radius 3 is 2.94 bits per heavy atom. The van der Waals surface area contributed by atoms with Gasteiger partial charge in [0.25, 0.3) is 0 Å². The van der Waals surface area contributed by atoms with Gasteiger partial charge < -0.3 is 14.8 Å². The van der Waals surface area contributed by atoms with E-state index in [0.29, 0.717) is 0 Å². The average Bonchev–Trinajstić information content (AvgIpc) is 2.85. The summed E-state index contributed by atoms with van der Waals surface area (Å²) >= 11 is 0. The van der Waals surface area contributed by atoms with Crippen LogP contribution in [-0.2, 0) is 11.3 Å². The maximum absolute atomic E-state index is 9.80. The van der Waals surface area contributed by atoms with E-state index in [0.717, 1.165) is 51.9 Å². The molecule has 1 atom stereocenters. The third-order valence-corrected chi connectivity index (χ3v) is 4.29. The van der Waals surface area contributed by atoms with Crippen molar-refractivity contribution in [3.05, 3.63) is 24.0 Å². The molecule has 2 N–H and O–H groups in total. The number of likely N-dealkylation sites (tertiary alicyclic amines) is 1. The van der Waals surface area contributed by atoms with Crippen molar-refractivity contribution in [1.82, 2.24) is 9.88 Å². The van der Waals surface area contributed by atoms with Gasteiger partial charge in [-0.05, 0) is 31.4 Å². The fourth-order valence-electron chi connectivity index (χ4n) is 3.18. The monoisotopic (exact) mass is 250 g/mol. The number of nitrogens with one attached hydrogen (secondary N) is 1. The molecule has 0 saturated carbocycles. The number of rotatable bonds is 2. The van der Waals surface area contributed by atoms with Gasteiger partial charge in [-0.2, -0.15) is 0 Å². The molecule has 4 nitrogen and oxygen atoms in total. The number of hydrogen-bond donors (Lipinski definition) is 2. The van der Waals surface area contributed by atoms with Gasteiger partial charge in [0.15, 0.2) is 0 Å². The quantitative estimate of drug-likeness (QED) is 0.836. The Balaban J connectivity index is 1.54. The second kappa shape index (κ2) is 5.03. The normalized spacial score (nSPS) is 28.6. The number of ether oxygens (including phenoxy) is 1. The molecule has 0 bridgehead atoms. The second-order valence-electron chi connectivity index (χ2n) is 5.65. The number of aromatic nitrogens is 1. The van der Waals surface area contributed by atoms with Crippen molar-refractivity contribution >= 4 is 0 Å². The zero-order chi connectivity index (χ0) is 12.4. The zero-order valence-electron chi connectivity index (χ0n) is 10.8. The van der Waals surface area contributed by atoms with E-state index in [-0.39, 0.29) is 11.7 Å². The SMILES string of the molecule is OC1CCOC2(CCN(Cc3ccc[nH]3)CC2)C1. The van der Waals surface area contributed by atoms with E-state index in [1.807, 2.05) is 12.3 Å². The summed E-state index contributed by atoms with van der Waals surface area (Å²) in [5, 5.41) is 9.80. The molecule has 1 unspecified atom stereocenters. The molecule has 1 aromatic rings. The Kier molecular flexibility index (Phi) is 3.41. The number of piperidine rings is 1. The maximum atomic E-state index is 9.80. The Bertz CT molecular complexity index is 369. The summed E-state index contributed by atoms with van der Waals surface area (Å²) in [4.78, 5) is 5.71. The lowest BCUT2D eigenvalue weighted by Crippen LogP contribution is -2.50. The number of nitrogens with zero attached hydrogens (tertiary/aromatic N) is 1. The van der Waals surface area contributed by atoms with Gasteiger partial charge >= 0.3 is 0 Å². The number of hydrogen-bond acceptors (Lipinski definition) is 3. The van der Waals surface area contributed by atoms with Crippen molar-refractivity contribution in [2.45, 2.75) is 43.9 Å². The highest BCUT2D eigenvalue weighted by atomic mass is 16.5. The van der Waals surface area contributed by atoms with Gasteiger partial charge in [0, 0.05) is 44.6 Å². The summed E-state index contributed by atoms with van der Waals surface area (Å²) in [7, 11) is 0. The Labute approximate surface area is 108 Å². The molecule has 1 aromatic heterocycles. The molecule has 2 fully saturated rings. The second-order valence-corrected chi connectivity index (χ2v) is 5.65. The highest BCUT2D eigenvalue weighted by Crippen LogP contribution is 2.35.